The van der Waals surface area contributed by atoms with Gasteiger partial charge in [0.25, 0.3) is 0 Å². The number of methoxy groups -OCH3 is 1. The van der Waals surface area contributed by atoms with Gasteiger partial charge in [0, 0.05) is 38.5 Å². The summed E-state index contributed by atoms with van der Waals surface area (Å²) in [4.78, 5) is 19.0. The standard InChI is InChI=1S/C25H34N4O3/c1-3-26-25(27-14-16-32-23-11-9-22(31-2)10-12-23)28-18-21-17-24(30)29(19-21)15-13-20-7-5-4-6-8-20/h4-12,21H,3,13-19H2,1-2H3,(H2,26,27,28). The van der Waals surface area contributed by atoms with E-state index < -0.39 is 0 Å². The second kappa shape index (κ2) is 12.6. The van der Waals surface area contributed by atoms with Gasteiger partial charge in [-0.3, -0.25) is 9.79 Å². The number of nitrogens with one attached hydrogen (secondary N) is 2. The summed E-state index contributed by atoms with van der Waals surface area (Å²) in [6.07, 6.45) is 1.46. The summed E-state index contributed by atoms with van der Waals surface area (Å²) in [6.45, 7) is 6.13. The Bertz CT molecular complexity index is 855. The van der Waals surface area contributed by atoms with Crippen molar-refractivity contribution in [1.29, 1.82) is 0 Å². The summed E-state index contributed by atoms with van der Waals surface area (Å²) in [5.74, 6) is 2.84. The molecule has 1 amide bonds. The van der Waals surface area contributed by atoms with Crippen molar-refractivity contribution in [2.75, 3.05) is 46.4 Å². The largest absolute Gasteiger partial charge is 0.497 e. The van der Waals surface area contributed by atoms with Crippen molar-refractivity contribution in [2.45, 2.75) is 19.8 Å². The van der Waals surface area contributed by atoms with Crippen LogP contribution in [0.5, 0.6) is 11.5 Å². The minimum Gasteiger partial charge on any atom is -0.497 e. The smallest absolute Gasteiger partial charge is 0.223 e. The lowest BCUT2D eigenvalue weighted by molar-refractivity contribution is -0.127. The number of aliphatic imine (C=N–C) groups is 1. The molecular weight excluding hydrogens is 404 g/mol. The highest BCUT2D eigenvalue weighted by Crippen LogP contribution is 2.19. The van der Waals surface area contributed by atoms with Crippen LogP contribution in [0.1, 0.15) is 18.9 Å². The van der Waals surface area contributed by atoms with Gasteiger partial charge >= 0.3 is 0 Å². The molecule has 0 bridgehead atoms. The second-order valence-corrected chi connectivity index (χ2v) is 7.82. The molecule has 2 N–H and O–H groups in total. The van der Waals surface area contributed by atoms with Crippen LogP contribution in [0.15, 0.2) is 59.6 Å². The SMILES string of the molecule is CCNC(=NCC1CC(=O)N(CCc2ccccc2)C1)NCCOc1ccc(OC)cc1. The summed E-state index contributed by atoms with van der Waals surface area (Å²) in [5, 5.41) is 6.55. The average Bonchev–Trinajstić information content (AvgIpc) is 3.19. The van der Waals surface area contributed by atoms with E-state index in [0.717, 1.165) is 43.5 Å². The number of rotatable bonds is 11. The highest BCUT2D eigenvalue weighted by Gasteiger charge is 2.28. The number of nitrogens with zero attached hydrogens (tertiary/aromatic N) is 2. The van der Waals surface area contributed by atoms with Crippen molar-refractivity contribution in [3.8, 4) is 11.5 Å². The van der Waals surface area contributed by atoms with E-state index in [9.17, 15) is 4.79 Å². The van der Waals surface area contributed by atoms with Gasteiger partial charge in [0.15, 0.2) is 5.96 Å². The minimum atomic E-state index is 0.229. The zero-order chi connectivity index (χ0) is 22.6. The maximum Gasteiger partial charge on any atom is 0.223 e. The zero-order valence-electron chi connectivity index (χ0n) is 19.0. The first-order valence-corrected chi connectivity index (χ1v) is 11.3. The van der Waals surface area contributed by atoms with E-state index in [1.165, 1.54) is 5.56 Å². The molecule has 3 rings (SSSR count). The van der Waals surface area contributed by atoms with E-state index in [4.69, 9.17) is 14.5 Å². The van der Waals surface area contributed by atoms with Crippen LogP contribution in [0.25, 0.3) is 0 Å². The molecule has 172 valence electrons. The number of amides is 1. The summed E-state index contributed by atoms with van der Waals surface area (Å²) in [6, 6.07) is 17.8. The number of likely N-dealkylation sites (tertiary alicyclic amines) is 1. The predicted octanol–water partition coefficient (Wildman–Crippen LogP) is 2.72. The lowest BCUT2D eigenvalue weighted by Crippen LogP contribution is -2.39. The van der Waals surface area contributed by atoms with Crippen LogP contribution in [0.4, 0.5) is 0 Å². The van der Waals surface area contributed by atoms with E-state index in [1.807, 2.05) is 54.3 Å². The van der Waals surface area contributed by atoms with Gasteiger partial charge in [-0.15, -0.1) is 0 Å². The Labute approximate surface area is 190 Å². The third kappa shape index (κ3) is 7.48. The fourth-order valence-electron chi connectivity index (χ4n) is 3.67. The van der Waals surface area contributed by atoms with Gasteiger partial charge in [0.1, 0.15) is 18.1 Å². The highest BCUT2D eigenvalue weighted by atomic mass is 16.5. The summed E-state index contributed by atoms with van der Waals surface area (Å²) in [7, 11) is 1.64. The van der Waals surface area contributed by atoms with Gasteiger partial charge in [0.2, 0.25) is 5.91 Å². The number of carbonyl (C=O) groups is 1. The molecule has 0 spiro atoms. The van der Waals surface area contributed by atoms with E-state index in [1.54, 1.807) is 7.11 Å². The molecule has 2 aromatic carbocycles. The van der Waals surface area contributed by atoms with Crippen LogP contribution >= 0.6 is 0 Å². The molecule has 1 saturated heterocycles. The molecule has 2 aromatic rings. The molecule has 1 aliphatic rings. The lowest BCUT2D eigenvalue weighted by atomic mass is 10.1. The van der Waals surface area contributed by atoms with Gasteiger partial charge in [-0.1, -0.05) is 30.3 Å². The van der Waals surface area contributed by atoms with Gasteiger partial charge in [-0.25, -0.2) is 0 Å². The highest BCUT2D eigenvalue weighted by molar-refractivity contribution is 5.80. The van der Waals surface area contributed by atoms with E-state index in [-0.39, 0.29) is 11.8 Å². The molecule has 1 fully saturated rings. The monoisotopic (exact) mass is 438 g/mol. The van der Waals surface area contributed by atoms with E-state index in [2.05, 4.69) is 22.8 Å². The molecule has 32 heavy (non-hydrogen) atoms. The third-order valence-corrected chi connectivity index (χ3v) is 5.38. The molecule has 7 heteroatoms. The van der Waals surface area contributed by atoms with Crippen LogP contribution < -0.4 is 20.1 Å². The Kier molecular flexibility index (Phi) is 9.22. The molecule has 1 aliphatic heterocycles. The zero-order valence-corrected chi connectivity index (χ0v) is 19.0. The lowest BCUT2D eigenvalue weighted by Gasteiger charge is -2.16. The van der Waals surface area contributed by atoms with Crippen LogP contribution in [0.2, 0.25) is 0 Å². The van der Waals surface area contributed by atoms with Crippen molar-refractivity contribution in [3.63, 3.8) is 0 Å². The Morgan fingerprint density at radius 1 is 1.09 bits per heavy atom. The molecule has 7 nitrogen and oxygen atoms in total. The Balaban J connectivity index is 1.40. The number of ether oxygens (including phenoxy) is 2. The Morgan fingerprint density at radius 2 is 1.84 bits per heavy atom. The first kappa shape index (κ1) is 23.4. The second-order valence-electron chi connectivity index (χ2n) is 7.82. The first-order chi connectivity index (χ1) is 15.7. The van der Waals surface area contributed by atoms with Gasteiger partial charge in [0.05, 0.1) is 13.7 Å². The Morgan fingerprint density at radius 3 is 2.56 bits per heavy atom. The molecule has 0 saturated carbocycles. The summed E-state index contributed by atoms with van der Waals surface area (Å²) < 4.78 is 10.9. The van der Waals surface area contributed by atoms with Gasteiger partial charge in [-0.05, 0) is 43.2 Å². The number of guanidine groups is 1. The molecule has 1 heterocycles. The minimum absolute atomic E-state index is 0.229. The maximum atomic E-state index is 12.4. The van der Waals surface area contributed by atoms with Crippen molar-refractivity contribution >= 4 is 11.9 Å². The van der Waals surface area contributed by atoms with Gasteiger partial charge in [-0.2, -0.15) is 0 Å². The van der Waals surface area contributed by atoms with Crippen molar-refractivity contribution in [2.24, 2.45) is 10.9 Å². The summed E-state index contributed by atoms with van der Waals surface area (Å²) >= 11 is 0. The predicted molar refractivity (Wildman–Crippen MR) is 127 cm³/mol. The molecular formula is C25H34N4O3. The van der Waals surface area contributed by atoms with Crippen molar-refractivity contribution in [3.05, 3.63) is 60.2 Å². The summed E-state index contributed by atoms with van der Waals surface area (Å²) in [5.41, 5.74) is 1.26. The number of benzene rings is 2. The average molecular weight is 439 g/mol. The van der Waals surface area contributed by atoms with E-state index >= 15 is 0 Å². The fourth-order valence-corrected chi connectivity index (χ4v) is 3.67. The molecule has 0 aromatic heterocycles. The van der Waals surface area contributed by atoms with Crippen LogP contribution in [-0.4, -0.2) is 63.2 Å². The Hall–Kier alpha value is -3.22. The molecule has 1 unspecified atom stereocenters. The molecule has 1 atom stereocenters. The maximum absolute atomic E-state index is 12.4. The normalized spacial score (nSPS) is 16.2. The number of hydrogen-bond donors (Lipinski definition) is 2. The topological polar surface area (TPSA) is 75.2 Å². The fraction of sp³-hybridized carbons (Fsp3) is 0.440. The quantitative estimate of drug-likeness (QED) is 0.321. The van der Waals surface area contributed by atoms with Crippen LogP contribution in [-0.2, 0) is 11.2 Å². The number of hydrogen-bond acceptors (Lipinski definition) is 4. The number of carbonyl (C=O) groups excluding carboxylic acids is 1. The van der Waals surface area contributed by atoms with Gasteiger partial charge < -0.3 is 25.0 Å². The third-order valence-electron chi connectivity index (χ3n) is 5.38. The van der Waals surface area contributed by atoms with Crippen LogP contribution in [0.3, 0.4) is 0 Å². The first-order valence-electron chi connectivity index (χ1n) is 11.3. The van der Waals surface area contributed by atoms with Crippen molar-refractivity contribution in [1.82, 2.24) is 15.5 Å². The van der Waals surface area contributed by atoms with Crippen LogP contribution in [0, 0.1) is 5.92 Å². The van der Waals surface area contributed by atoms with Crippen molar-refractivity contribution < 1.29 is 14.3 Å². The molecule has 0 aliphatic carbocycles. The molecule has 0 radical (unpaired) electrons. The van der Waals surface area contributed by atoms with E-state index in [0.29, 0.717) is 26.1 Å².